The van der Waals surface area contributed by atoms with E-state index in [9.17, 15) is 15.0 Å². The Bertz CT molecular complexity index is 430. The number of hydrogen-bond donors (Lipinski definition) is 3. The Hall–Kier alpha value is -1.59. The summed E-state index contributed by atoms with van der Waals surface area (Å²) in [6, 6.07) is 4.73. The van der Waals surface area contributed by atoms with Crippen LogP contribution in [0.25, 0.3) is 0 Å². The summed E-state index contributed by atoms with van der Waals surface area (Å²) in [6.07, 6.45) is -0.469. The molecule has 2 atom stereocenters. The van der Waals surface area contributed by atoms with Crippen LogP contribution >= 0.6 is 0 Å². The van der Waals surface area contributed by atoms with E-state index in [1.165, 1.54) is 13.0 Å². The second-order valence-electron chi connectivity index (χ2n) is 4.54. The number of rotatable bonds is 7. The molecule has 0 aromatic heterocycles. The molecule has 1 aromatic carbocycles. The van der Waals surface area contributed by atoms with Crippen LogP contribution in [-0.4, -0.2) is 40.4 Å². The van der Waals surface area contributed by atoms with E-state index in [0.29, 0.717) is 6.42 Å². The van der Waals surface area contributed by atoms with Crippen LogP contribution in [0.5, 0.6) is 11.5 Å². The van der Waals surface area contributed by atoms with Gasteiger partial charge in [-0.15, -0.1) is 0 Å². The van der Waals surface area contributed by atoms with Gasteiger partial charge in [0, 0.05) is 5.92 Å². The molecule has 3 N–H and O–H groups in total. The van der Waals surface area contributed by atoms with Gasteiger partial charge in [0.1, 0.15) is 12.4 Å². The Morgan fingerprint density at radius 2 is 2.11 bits per heavy atom. The normalized spacial score (nSPS) is 13.9. The lowest BCUT2D eigenvalue weighted by Crippen LogP contribution is -2.25. The predicted molar refractivity (Wildman–Crippen MR) is 70.2 cm³/mol. The van der Waals surface area contributed by atoms with Crippen molar-refractivity contribution in [3.8, 4) is 11.5 Å². The topological polar surface area (TPSA) is 87.0 Å². The summed E-state index contributed by atoms with van der Waals surface area (Å²) in [5, 5.41) is 28.2. The minimum absolute atomic E-state index is 0.0219. The molecule has 0 heterocycles. The van der Waals surface area contributed by atoms with Crippen LogP contribution in [-0.2, 0) is 11.2 Å². The molecule has 0 aliphatic rings. The van der Waals surface area contributed by atoms with E-state index < -0.39 is 12.0 Å². The van der Waals surface area contributed by atoms with Crippen molar-refractivity contribution in [2.45, 2.75) is 26.4 Å². The van der Waals surface area contributed by atoms with Gasteiger partial charge in [-0.25, -0.2) is 0 Å². The van der Waals surface area contributed by atoms with Gasteiger partial charge in [0.2, 0.25) is 0 Å². The molecule has 1 aromatic rings. The smallest absolute Gasteiger partial charge is 0.161 e. The van der Waals surface area contributed by atoms with E-state index in [1.807, 2.05) is 0 Å². The van der Waals surface area contributed by atoms with Crippen molar-refractivity contribution in [2.75, 3.05) is 13.2 Å². The highest BCUT2D eigenvalue weighted by atomic mass is 16.5. The van der Waals surface area contributed by atoms with E-state index in [0.717, 1.165) is 5.56 Å². The second-order valence-corrected chi connectivity index (χ2v) is 4.54. The van der Waals surface area contributed by atoms with Crippen molar-refractivity contribution >= 4 is 5.78 Å². The average molecular weight is 268 g/mol. The first-order chi connectivity index (χ1) is 8.95. The molecule has 0 aliphatic heterocycles. The van der Waals surface area contributed by atoms with Crippen molar-refractivity contribution in [1.29, 1.82) is 0 Å². The van der Waals surface area contributed by atoms with Gasteiger partial charge < -0.3 is 20.1 Å². The third-order valence-corrected chi connectivity index (χ3v) is 3.04. The van der Waals surface area contributed by atoms with Crippen LogP contribution in [0.15, 0.2) is 18.2 Å². The first kappa shape index (κ1) is 15.5. The number of phenols is 1. The molecule has 0 saturated heterocycles. The van der Waals surface area contributed by atoms with Crippen molar-refractivity contribution in [3.05, 3.63) is 23.8 Å². The summed E-state index contributed by atoms with van der Waals surface area (Å²) >= 11 is 0. The maximum atomic E-state index is 11.2. The summed E-state index contributed by atoms with van der Waals surface area (Å²) in [4.78, 5) is 11.2. The molecule has 0 unspecified atom stereocenters. The number of hydrogen-bond acceptors (Lipinski definition) is 5. The van der Waals surface area contributed by atoms with E-state index in [4.69, 9.17) is 9.84 Å². The van der Waals surface area contributed by atoms with Crippen LogP contribution in [0.2, 0.25) is 0 Å². The fourth-order valence-electron chi connectivity index (χ4n) is 1.65. The Labute approximate surface area is 112 Å². The minimum atomic E-state index is -0.771. The lowest BCUT2D eigenvalue weighted by atomic mass is 9.95. The number of carbonyl (C=O) groups excluding carboxylic acids is 1. The zero-order valence-electron chi connectivity index (χ0n) is 11.2. The Kier molecular flexibility index (Phi) is 5.79. The maximum Gasteiger partial charge on any atom is 0.161 e. The van der Waals surface area contributed by atoms with E-state index in [1.54, 1.807) is 19.1 Å². The second kappa shape index (κ2) is 7.11. The molecule has 19 heavy (non-hydrogen) atoms. The highest BCUT2D eigenvalue weighted by Gasteiger charge is 2.19. The van der Waals surface area contributed by atoms with Crippen molar-refractivity contribution in [1.82, 2.24) is 0 Å². The molecule has 5 heteroatoms. The third-order valence-electron chi connectivity index (χ3n) is 3.04. The van der Waals surface area contributed by atoms with Crippen molar-refractivity contribution in [3.63, 3.8) is 0 Å². The van der Waals surface area contributed by atoms with Gasteiger partial charge >= 0.3 is 0 Å². The Morgan fingerprint density at radius 3 is 2.68 bits per heavy atom. The highest BCUT2D eigenvalue weighted by molar-refractivity contribution is 5.78. The molecule has 0 fully saturated rings. The molecule has 1 rings (SSSR count). The largest absolute Gasteiger partial charge is 0.504 e. The third kappa shape index (κ3) is 4.54. The molecule has 106 valence electrons. The molecule has 0 radical (unpaired) electrons. The number of ether oxygens (including phenoxy) is 1. The molecule has 0 bridgehead atoms. The van der Waals surface area contributed by atoms with E-state index >= 15 is 0 Å². The number of ketones is 1. The van der Waals surface area contributed by atoms with Crippen LogP contribution in [0.1, 0.15) is 19.4 Å². The van der Waals surface area contributed by atoms with Crippen LogP contribution in [0.3, 0.4) is 0 Å². The van der Waals surface area contributed by atoms with Gasteiger partial charge in [0.15, 0.2) is 11.5 Å². The first-order valence-corrected chi connectivity index (χ1v) is 6.19. The maximum absolute atomic E-state index is 11.2. The summed E-state index contributed by atoms with van der Waals surface area (Å²) < 4.78 is 5.17. The van der Waals surface area contributed by atoms with E-state index in [-0.39, 0.29) is 30.5 Å². The zero-order chi connectivity index (χ0) is 14.4. The minimum Gasteiger partial charge on any atom is -0.504 e. The SMILES string of the molecule is CC(=O)[C@@H](C)[C@H](O)Cc1ccc(O)c(OCCO)c1. The number of aliphatic hydroxyl groups is 2. The summed E-state index contributed by atoms with van der Waals surface area (Å²) in [5.41, 5.74) is 0.756. The van der Waals surface area contributed by atoms with Gasteiger partial charge in [-0.1, -0.05) is 13.0 Å². The van der Waals surface area contributed by atoms with Gasteiger partial charge in [-0.3, -0.25) is 4.79 Å². The zero-order valence-corrected chi connectivity index (χ0v) is 11.2. The standard InChI is InChI=1S/C14H20O5/c1-9(10(2)16)13(18)7-11-3-4-12(17)14(8-11)19-6-5-15/h3-4,8-9,13,15,17-18H,5-7H2,1-2H3/t9-,13-/m1/s1. The summed E-state index contributed by atoms with van der Waals surface area (Å²) in [6.45, 7) is 3.06. The number of phenolic OH excluding ortho intramolecular Hbond substituents is 1. The Balaban J connectivity index is 2.76. The van der Waals surface area contributed by atoms with Gasteiger partial charge in [0.25, 0.3) is 0 Å². The molecular weight excluding hydrogens is 248 g/mol. The number of benzene rings is 1. The van der Waals surface area contributed by atoms with Crippen molar-refractivity contribution < 1.29 is 24.9 Å². The number of Topliss-reactive ketones (excluding diaryl/α,β-unsaturated/α-hetero) is 1. The fraction of sp³-hybridized carbons (Fsp3) is 0.500. The van der Waals surface area contributed by atoms with Crippen LogP contribution in [0, 0.1) is 5.92 Å². The van der Waals surface area contributed by atoms with Gasteiger partial charge in [-0.05, 0) is 31.0 Å². The summed E-state index contributed by atoms with van der Waals surface area (Å²) in [7, 11) is 0. The quantitative estimate of drug-likeness (QED) is 0.683. The summed E-state index contributed by atoms with van der Waals surface area (Å²) in [5.74, 6) is -0.265. The fourth-order valence-corrected chi connectivity index (χ4v) is 1.65. The molecule has 0 amide bonds. The van der Waals surface area contributed by atoms with Crippen molar-refractivity contribution in [2.24, 2.45) is 5.92 Å². The molecule has 0 saturated carbocycles. The lowest BCUT2D eigenvalue weighted by Gasteiger charge is -2.17. The monoisotopic (exact) mass is 268 g/mol. The lowest BCUT2D eigenvalue weighted by molar-refractivity contribution is -0.123. The molecule has 0 aliphatic carbocycles. The predicted octanol–water partition coefficient (Wildman–Crippen LogP) is 0.892. The number of aromatic hydroxyl groups is 1. The number of aliphatic hydroxyl groups excluding tert-OH is 2. The first-order valence-electron chi connectivity index (χ1n) is 6.19. The molecule has 0 spiro atoms. The van der Waals surface area contributed by atoms with E-state index in [2.05, 4.69) is 0 Å². The Morgan fingerprint density at radius 1 is 1.42 bits per heavy atom. The van der Waals surface area contributed by atoms with Gasteiger partial charge in [-0.2, -0.15) is 0 Å². The van der Waals surface area contributed by atoms with Crippen LogP contribution in [0.4, 0.5) is 0 Å². The molecular formula is C14H20O5. The average Bonchev–Trinajstić information content (AvgIpc) is 2.38. The van der Waals surface area contributed by atoms with Crippen LogP contribution < -0.4 is 4.74 Å². The highest BCUT2D eigenvalue weighted by Crippen LogP contribution is 2.27. The van der Waals surface area contributed by atoms with Gasteiger partial charge in [0.05, 0.1) is 12.7 Å². The number of carbonyl (C=O) groups is 1. The molecule has 5 nitrogen and oxygen atoms in total.